The first-order valence-electron chi connectivity index (χ1n) is 9.60. The van der Waals surface area contributed by atoms with Crippen molar-refractivity contribution in [2.45, 2.75) is 6.61 Å². The molecule has 0 atom stereocenters. The summed E-state index contributed by atoms with van der Waals surface area (Å²) in [6.45, 7) is 0.0719. The van der Waals surface area contributed by atoms with Crippen molar-refractivity contribution in [3.8, 4) is 11.5 Å². The van der Waals surface area contributed by atoms with E-state index in [9.17, 15) is 9.18 Å². The second kappa shape index (κ2) is 7.85. The number of hydrogen-bond acceptors (Lipinski definition) is 5. The molecule has 2 aromatic heterocycles. The third-order valence-corrected chi connectivity index (χ3v) is 5.96. The molecule has 0 fully saturated rings. The molecule has 154 valence electrons. The normalized spacial score (nSPS) is 12.0. The van der Waals surface area contributed by atoms with Crippen LogP contribution in [0.25, 0.3) is 22.1 Å². The molecule has 5 nitrogen and oxygen atoms in total. The minimum absolute atomic E-state index is 0.0719. The number of hydrogen-bond donors (Lipinski definition) is 0. The van der Waals surface area contributed by atoms with E-state index in [0.29, 0.717) is 32.1 Å². The molecule has 7 heteroatoms. The highest BCUT2D eigenvalue weighted by molar-refractivity contribution is 7.15. The van der Waals surface area contributed by atoms with E-state index >= 15 is 0 Å². The van der Waals surface area contributed by atoms with Gasteiger partial charge in [-0.05, 0) is 42.5 Å². The highest BCUT2D eigenvalue weighted by Gasteiger charge is 2.12. The number of para-hydroxylation sites is 2. The van der Waals surface area contributed by atoms with Gasteiger partial charge >= 0.3 is 0 Å². The van der Waals surface area contributed by atoms with Crippen LogP contribution in [0.4, 0.5) is 4.39 Å². The average molecular weight is 432 g/mol. The summed E-state index contributed by atoms with van der Waals surface area (Å²) in [5, 5.41) is 0. The second-order valence-corrected chi connectivity index (χ2v) is 7.93. The lowest BCUT2D eigenvalue weighted by molar-refractivity contribution is 0.298. The predicted octanol–water partition coefficient (Wildman–Crippen LogP) is 4.18. The van der Waals surface area contributed by atoms with Crippen LogP contribution in [0.3, 0.4) is 0 Å². The van der Waals surface area contributed by atoms with Gasteiger partial charge in [-0.3, -0.25) is 4.79 Å². The van der Waals surface area contributed by atoms with Crippen molar-refractivity contribution in [1.29, 1.82) is 0 Å². The zero-order valence-corrected chi connectivity index (χ0v) is 17.4. The van der Waals surface area contributed by atoms with Gasteiger partial charge in [0.25, 0.3) is 5.56 Å². The first-order valence-corrected chi connectivity index (χ1v) is 10.4. The number of benzene rings is 3. The Bertz CT molecular complexity index is 1520. The molecule has 0 aliphatic heterocycles. The molecule has 0 radical (unpaired) electrons. The molecule has 5 aromatic rings. The third-order valence-electron chi connectivity index (χ3n) is 4.99. The van der Waals surface area contributed by atoms with Crippen molar-refractivity contribution in [3.63, 3.8) is 0 Å². The average Bonchev–Trinajstić information content (AvgIpc) is 3.30. The first kappa shape index (κ1) is 19.3. The van der Waals surface area contributed by atoms with Gasteiger partial charge in [0.05, 0.1) is 22.7 Å². The van der Waals surface area contributed by atoms with Crippen LogP contribution in [-0.4, -0.2) is 16.5 Å². The van der Waals surface area contributed by atoms with Gasteiger partial charge in [-0.1, -0.05) is 41.7 Å². The monoisotopic (exact) mass is 432 g/mol. The van der Waals surface area contributed by atoms with Crippen molar-refractivity contribution in [3.05, 3.63) is 98.6 Å². The molecule has 0 amide bonds. The molecule has 0 saturated carbocycles. The summed E-state index contributed by atoms with van der Waals surface area (Å²) in [5.74, 6) is 0.831. The molecule has 0 aliphatic rings. The molecule has 3 aromatic carbocycles. The van der Waals surface area contributed by atoms with Crippen molar-refractivity contribution >= 4 is 33.4 Å². The molecule has 31 heavy (non-hydrogen) atoms. The van der Waals surface area contributed by atoms with Crippen molar-refractivity contribution in [1.82, 2.24) is 9.38 Å². The fraction of sp³-hybridized carbons (Fsp3) is 0.0833. The van der Waals surface area contributed by atoms with Gasteiger partial charge in [0.2, 0.25) is 0 Å². The maximum Gasteiger partial charge on any atom is 0.274 e. The summed E-state index contributed by atoms with van der Waals surface area (Å²) in [7, 11) is 1.57. The number of fused-ring (bicyclic) bond motifs is 3. The number of nitrogens with zero attached hydrogens (tertiary/aromatic N) is 2. The van der Waals surface area contributed by atoms with Crippen LogP contribution in [0.15, 0.2) is 71.5 Å². The number of thiazole rings is 1. The Labute approximate surface area is 180 Å². The zero-order valence-electron chi connectivity index (χ0n) is 16.5. The Balaban J connectivity index is 1.59. The predicted molar refractivity (Wildman–Crippen MR) is 119 cm³/mol. The van der Waals surface area contributed by atoms with E-state index in [0.717, 1.165) is 11.0 Å². The molecule has 0 saturated heterocycles. The number of aromatic nitrogens is 2. The topological polar surface area (TPSA) is 52.8 Å². The Kier molecular flexibility index (Phi) is 4.88. The van der Waals surface area contributed by atoms with Crippen LogP contribution in [-0.2, 0) is 6.61 Å². The minimum atomic E-state index is -0.324. The SMILES string of the molecule is COc1ccc(OCc2ccccc2F)c(C=c2sc3nc4ccccc4n3c2=O)c1. The lowest BCUT2D eigenvalue weighted by atomic mass is 10.1. The molecule has 0 N–H and O–H groups in total. The smallest absolute Gasteiger partial charge is 0.274 e. The first-order chi connectivity index (χ1) is 15.1. The number of imidazole rings is 1. The maximum atomic E-state index is 14.0. The summed E-state index contributed by atoms with van der Waals surface area (Å²) in [6, 6.07) is 19.3. The standard InChI is InChI=1S/C24H17FN2O3S/c1-29-17-10-11-21(30-14-15-6-2-3-7-18(15)25)16(12-17)13-22-23(28)27-20-9-5-4-8-19(20)26-24(27)31-22/h2-13H,14H2,1H3. The second-order valence-electron chi connectivity index (χ2n) is 6.92. The van der Waals surface area contributed by atoms with Crippen LogP contribution in [0.1, 0.15) is 11.1 Å². The Hall–Kier alpha value is -3.71. The number of rotatable bonds is 5. The summed E-state index contributed by atoms with van der Waals surface area (Å²) in [4.78, 5) is 18.3. The van der Waals surface area contributed by atoms with Crippen LogP contribution in [0.5, 0.6) is 11.5 Å². The molecular weight excluding hydrogens is 415 g/mol. The van der Waals surface area contributed by atoms with Crippen LogP contribution < -0.4 is 19.6 Å². The van der Waals surface area contributed by atoms with Gasteiger partial charge in [-0.25, -0.2) is 13.8 Å². The van der Waals surface area contributed by atoms with Crippen molar-refractivity contribution in [2.24, 2.45) is 0 Å². The van der Waals surface area contributed by atoms with E-state index < -0.39 is 0 Å². The molecule has 5 rings (SSSR count). The summed E-state index contributed by atoms with van der Waals surface area (Å²) < 4.78 is 27.3. The molecule has 0 aliphatic carbocycles. The molecular formula is C24H17FN2O3S. The quantitative estimate of drug-likeness (QED) is 0.418. The van der Waals surface area contributed by atoms with E-state index in [1.165, 1.54) is 17.4 Å². The van der Waals surface area contributed by atoms with Gasteiger partial charge in [0.15, 0.2) is 4.96 Å². The fourth-order valence-corrected chi connectivity index (χ4v) is 4.40. The van der Waals surface area contributed by atoms with Gasteiger partial charge in [0.1, 0.15) is 23.9 Å². The van der Waals surface area contributed by atoms with Crippen LogP contribution in [0, 0.1) is 5.82 Å². The number of ether oxygens (including phenoxy) is 2. The molecule has 0 bridgehead atoms. The Morgan fingerprint density at radius 2 is 1.90 bits per heavy atom. The van der Waals surface area contributed by atoms with Gasteiger partial charge < -0.3 is 9.47 Å². The van der Waals surface area contributed by atoms with Gasteiger partial charge in [-0.15, -0.1) is 0 Å². The minimum Gasteiger partial charge on any atom is -0.497 e. The highest BCUT2D eigenvalue weighted by Crippen LogP contribution is 2.26. The lowest BCUT2D eigenvalue weighted by Crippen LogP contribution is -2.22. The Morgan fingerprint density at radius 1 is 1.10 bits per heavy atom. The van der Waals surface area contributed by atoms with Crippen LogP contribution >= 0.6 is 11.3 Å². The van der Waals surface area contributed by atoms with Crippen molar-refractivity contribution < 1.29 is 13.9 Å². The molecule has 0 unspecified atom stereocenters. The Morgan fingerprint density at radius 3 is 2.74 bits per heavy atom. The lowest BCUT2D eigenvalue weighted by Gasteiger charge is -2.11. The number of methoxy groups -OCH3 is 1. The third kappa shape index (κ3) is 3.53. The molecule has 2 heterocycles. The van der Waals surface area contributed by atoms with Gasteiger partial charge in [0, 0.05) is 11.1 Å². The summed E-state index contributed by atoms with van der Waals surface area (Å²) >= 11 is 1.31. The van der Waals surface area contributed by atoms with E-state index in [1.807, 2.05) is 24.3 Å². The largest absolute Gasteiger partial charge is 0.497 e. The van der Waals surface area contributed by atoms with E-state index in [4.69, 9.17) is 9.47 Å². The zero-order chi connectivity index (χ0) is 21.4. The van der Waals surface area contributed by atoms with Crippen LogP contribution in [0.2, 0.25) is 0 Å². The van der Waals surface area contributed by atoms with E-state index in [1.54, 1.807) is 54.0 Å². The highest BCUT2D eigenvalue weighted by atomic mass is 32.1. The van der Waals surface area contributed by atoms with E-state index in [-0.39, 0.29) is 18.0 Å². The molecule has 0 spiro atoms. The number of halogens is 1. The fourth-order valence-electron chi connectivity index (χ4n) is 3.42. The van der Waals surface area contributed by atoms with Gasteiger partial charge in [-0.2, -0.15) is 0 Å². The van der Waals surface area contributed by atoms with E-state index in [2.05, 4.69) is 4.98 Å². The maximum absolute atomic E-state index is 14.0. The summed E-state index contributed by atoms with van der Waals surface area (Å²) in [5.41, 5.74) is 2.54. The van der Waals surface area contributed by atoms with Crippen molar-refractivity contribution in [2.75, 3.05) is 7.11 Å². The summed E-state index contributed by atoms with van der Waals surface area (Å²) in [6.07, 6.45) is 1.76.